The number of aliphatic imine (C=N–C) groups is 1. The van der Waals surface area contributed by atoms with E-state index in [-0.39, 0.29) is 0 Å². The van der Waals surface area contributed by atoms with Gasteiger partial charge in [-0.1, -0.05) is 6.08 Å². The monoisotopic (exact) mass is 152 g/mol. The molecule has 0 aromatic heterocycles. The maximum absolute atomic E-state index is 4.31. The highest BCUT2D eigenvalue weighted by Gasteiger charge is 2.02. The number of nitrogens with one attached hydrogen (secondary N) is 1. The quantitative estimate of drug-likeness (QED) is 0.471. The number of hydrogen-bond donors (Lipinski definition) is 1. The zero-order chi connectivity index (χ0) is 7.94. The van der Waals surface area contributed by atoms with Crippen LogP contribution in [0, 0.1) is 0 Å². The number of rotatable bonds is 5. The van der Waals surface area contributed by atoms with Crippen molar-refractivity contribution in [2.75, 3.05) is 13.1 Å². The molecular weight excluding hydrogens is 136 g/mol. The molecule has 0 radical (unpaired) electrons. The summed E-state index contributed by atoms with van der Waals surface area (Å²) in [5, 5.41) is 3.26. The standard InChI is InChI=1S/C9H16N2/c1-2-3-4-5-6-9-10-7-8-11-9/h2H,1,3-8H2,(H,10,11). The Morgan fingerprint density at radius 1 is 1.55 bits per heavy atom. The van der Waals surface area contributed by atoms with Crippen LogP contribution in [-0.4, -0.2) is 18.9 Å². The predicted molar refractivity (Wildman–Crippen MR) is 49.0 cm³/mol. The van der Waals surface area contributed by atoms with Crippen molar-refractivity contribution in [2.45, 2.75) is 25.7 Å². The number of nitrogens with zero attached hydrogens (tertiary/aromatic N) is 1. The van der Waals surface area contributed by atoms with Crippen LogP contribution in [0.15, 0.2) is 17.6 Å². The van der Waals surface area contributed by atoms with E-state index in [9.17, 15) is 0 Å². The minimum absolute atomic E-state index is 0.969. The van der Waals surface area contributed by atoms with Crippen molar-refractivity contribution >= 4 is 5.84 Å². The largest absolute Gasteiger partial charge is 0.372 e. The van der Waals surface area contributed by atoms with E-state index >= 15 is 0 Å². The van der Waals surface area contributed by atoms with Crippen LogP contribution >= 0.6 is 0 Å². The van der Waals surface area contributed by atoms with Gasteiger partial charge in [0.05, 0.1) is 12.4 Å². The number of allylic oxidation sites excluding steroid dienone is 1. The molecule has 0 saturated heterocycles. The molecule has 0 atom stereocenters. The summed E-state index contributed by atoms with van der Waals surface area (Å²) >= 11 is 0. The van der Waals surface area contributed by atoms with Gasteiger partial charge in [-0.25, -0.2) is 0 Å². The lowest BCUT2D eigenvalue weighted by atomic mass is 10.2. The summed E-state index contributed by atoms with van der Waals surface area (Å²) in [6, 6.07) is 0. The topological polar surface area (TPSA) is 24.4 Å². The first-order valence-corrected chi connectivity index (χ1v) is 4.31. The fourth-order valence-corrected chi connectivity index (χ4v) is 1.20. The van der Waals surface area contributed by atoms with E-state index < -0.39 is 0 Å². The summed E-state index contributed by atoms with van der Waals surface area (Å²) in [7, 11) is 0. The van der Waals surface area contributed by atoms with Gasteiger partial charge >= 0.3 is 0 Å². The minimum atomic E-state index is 0.969. The molecule has 11 heavy (non-hydrogen) atoms. The normalized spacial score (nSPS) is 15.8. The van der Waals surface area contributed by atoms with E-state index in [4.69, 9.17) is 0 Å². The smallest absolute Gasteiger partial charge is 0.0964 e. The molecule has 0 saturated carbocycles. The number of amidine groups is 1. The van der Waals surface area contributed by atoms with Crippen molar-refractivity contribution in [2.24, 2.45) is 4.99 Å². The molecule has 0 amide bonds. The zero-order valence-electron chi connectivity index (χ0n) is 6.97. The molecule has 1 heterocycles. The Labute approximate surface area is 68.4 Å². The molecule has 0 fully saturated rings. The highest BCUT2D eigenvalue weighted by atomic mass is 15.1. The fraction of sp³-hybridized carbons (Fsp3) is 0.667. The number of hydrogen-bond acceptors (Lipinski definition) is 2. The lowest BCUT2D eigenvalue weighted by Gasteiger charge is -1.99. The molecule has 2 nitrogen and oxygen atoms in total. The van der Waals surface area contributed by atoms with Gasteiger partial charge in [0.1, 0.15) is 0 Å². The third kappa shape index (κ3) is 3.21. The summed E-state index contributed by atoms with van der Waals surface area (Å²) in [5.41, 5.74) is 0. The van der Waals surface area contributed by atoms with Gasteiger partial charge in [0.2, 0.25) is 0 Å². The Kier molecular flexibility index (Phi) is 3.73. The van der Waals surface area contributed by atoms with Crippen LogP contribution in [0.3, 0.4) is 0 Å². The van der Waals surface area contributed by atoms with Crippen molar-refractivity contribution in [3.63, 3.8) is 0 Å². The van der Waals surface area contributed by atoms with Crippen LogP contribution in [0.4, 0.5) is 0 Å². The van der Waals surface area contributed by atoms with Gasteiger partial charge in [-0.3, -0.25) is 4.99 Å². The van der Waals surface area contributed by atoms with Crippen molar-refractivity contribution in [1.82, 2.24) is 5.32 Å². The Balaban J connectivity index is 1.98. The molecule has 1 N–H and O–H groups in total. The van der Waals surface area contributed by atoms with Crippen LogP contribution in [-0.2, 0) is 0 Å². The highest BCUT2D eigenvalue weighted by Crippen LogP contribution is 2.02. The van der Waals surface area contributed by atoms with E-state index in [1.165, 1.54) is 18.7 Å². The lowest BCUT2D eigenvalue weighted by Crippen LogP contribution is -2.17. The average Bonchev–Trinajstić information content (AvgIpc) is 2.50. The fourth-order valence-electron chi connectivity index (χ4n) is 1.20. The van der Waals surface area contributed by atoms with E-state index in [0.29, 0.717) is 0 Å². The lowest BCUT2D eigenvalue weighted by molar-refractivity contribution is 0.769. The third-order valence-electron chi connectivity index (χ3n) is 1.82. The first-order chi connectivity index (χ1) is 5.43. The van der Waals surface area contributed by atoms with Crippen LogP contribution in [0.2, 0.25) is 0 Å². The van der Waals surface area contributed by atoms with Crippen LogP contribution < -0.4 is 5.32 Å². The van der Waals surface area contributed by atoms with E-state index in [0.717, 1.165) is 25.9 Å². The Morgan fingerprint density at radius 3 is 3.09 bits per heavy atom. The Morgan fingerprint density at radius 2 is 2.45 bits per heavy atom. The Bertz CT molecular complexity index is 150. The second-order valence-corrected chi connectivity index (χ2v) is 2.79. The Hall–Kier alpha value is -0.790. The maximum atomic E-state index is 4.31. The number of unbranched alkanes of at least 4 members (excludes halogenated alkanes) is 2. The molecular formula is C9H16N2. The van der Waals surface area contributed by atoms with Crippen molar-refractivity contribution < 1.29 is 0 Å². The van der Waals surface area contributed by atoms with Gasteiger partial charge in [0.25, 0.3) is 0 Å². The van der Waals surface area contributed by atoms with Gasteiger partial charge in [-0.05, 0) is 19.3 Å². The van der Waals surface area contributed by atoms with Gasteiger partial charge in [0, 0.05) is 13.0 Å². The third-order valence-corrected chi connectivity index (χ3v) is 1.82. The second-order valence-electron chi connectivity index (χ2n) is 2.79. The molecule has 2 heteroatoms. The van der Waals surface area contributed by atoms with Gasteiger partial charge in [0.15, 0.2) is 0 Å². The molecule has 1 aliphatic heterocycles. The second kappa shape index (κ2) is 4.94. The van der Waals surface area contributed by atoms with Gasteiger partial charge < -0.3 is 5.32 Å². The average molecular weight is 152 g/mol. The van der Waals surface area contributed by atoms with Crippen molar-refractivity contribution in [1.29, 1.82) is 0 Å². The maximum Gasteiger partial charge on any atom is 0.0964 e. The van der Waals surface area contributed by atoms with Gasteiger partial charge in [-0.2, -0.15) is 0 Å². The highest BCUT2D eigenvalue weighted by molar-refractivity contribution is 5.83. The summed E-state index contributed by atoms with van der Waals surface area (Å²) in [5.74, 6) is 1.20. The molecule has 1 rings (SSSR count). The van der Waals surface area contributed by atoms with E-state index in [2.05, 4.69) is 16.9 Å². The molecule has 0 aromatic carbocycles. The molecule has 0 aromatic rings. The van der Waals surface area contributed by atoms with Crippen molar-refractivity contribution in [3.05, 3.63) is 12.7 Å². The molecule has 1 aliphatic rings. The summed E-state index contributed by atoms with van der Waals surface area (Å²) in [4.78, 5) is 4.31. The van der Waals surface area contributed by atoms with E-state index in [1.807, 2.05) is 6.08 Å². The predicted octanol–water partition coefficient (Wildman–Crippen LogP) is 1.73. The summed E-state index contributed by atoms with van der Waals surface area (Å²) in [6.45, 7) is 5.69. The zero-order valence-corrected chi connectivity index (χ0v) is 6.97. The summed E-state index contributed by atoms with van der Waals surface area (Å²) < 4.78 is 0. The van der Waals surface area contributed by atoms with Crippen LogP contribution in [0.25, 0.3) is 0 Å². The summed E-state index contributed by atoms with van der Waals surface area (Å²) in [6.07, 6.45) is 6.70. The molecule has 0 spiro atoms. The molecule has 0 aliphatic carbocycles. The van der Waals surface area contributed by atoms with E-state index in [1.54, 1.807) is 0 Å². The SMILES string of the molecule is C=CCCCCC1=NCCN1. The van der Waals surface area contributed by atoms with Gasteiger partial charge in [-0.15, -0.1) is 6.58 Å². The molecule has 62 valence electrons. The molecule has 0 bridgehead atoms. The van der Waals surface area contributed by atoms with Crippen LogP contribution in [0.5, 0.6) is 0 Å². The van der Waals surface area contributed by atoms with Crippen LogP contribution in [0.1, 0.15) is 25.7 Å². The first-order valence-electron chi connectivity index (χ1n) is 4.31. The van der Waals surface area contributed by atoms with Crippen molar-refractivity contribution in [3.8, 4) is 0 Å². The first kappa shape index (κ1) is 8.31. The minimum Gasteiger partial charge on any atom is -0.372 e. The molecule has 0 unspecified atom stereocenters.